The zero-order chi connectivity index (χ0) is 18.5. The van der Waals surface area contributed by atoms with Crippen molar-refractivity contribution in [3.8, 4) is 11.3 Å². The number of carbonyl (C=O) groups is 1. The molecule has 3 rings (SSSR count). The highest BCUT2D eigenvalue weighted by Gasteiger charge is 2.13. The molecule has 9 heteroatoms. The van der Waals surface area contributed by atoms with E-state index in [-0.39, 0.29) is 17.8 Å². The van der Waals surface area contributed by atoms with Crippen molar-refractivity contribution in [2.24, 2.45) is 0 Å². The van der Waals surface area contributed by atoms with E-state index in [2.05, 4.69) is 31.3 Å². The molecule has 0 fully saturated rings. The monoisotopic (exact) mass is 434 g/mol. The van der Waals surface area contributed by atoms with Crippen molar-refractivity contribution in [1.82, 2.24) is 14.8 Å². The summed E-state index contributed by atoms with van der Waals surface area (Å²) in [7, 11) is 1.53. The molecule has 0 aliphatic rings. The molecule has 0 radical (unpaired) electrons. The number of thiazole rings is 1. The second-order valence-corrected chi connectivity index (χ2v) is 7.05. The summed E-state index contributed by atoms with van der Waals surface area (Å²) in [6, 6.07) is 10.5. The second kappa shape index (κ2) is 8.35. The molecule has 0 aliphatic heterocycles. The molecule has 134 valence electrons. The van der Waals surface area contributed by atoms with Gasteiger partial charge in [-0.15, -0.1) is 11.3 Å². The van der Waals surface area contributed by atoms with E-state index < -0.39 is 5.91 Å². The summed E-state index contributed by atoms with van der Waals surface area (Å²) in [6.07, 6.45) is 0. The number of hydrogen-bond donors (Lipinski definition) is 1. The van der Waals surface area contributed by atoms with Gasteiger partial charge >= 0.3 is 0 Å². The molecule has 0 atom stereocenters. The average molecular weight is 435 g/mol. The van der Waals surface area contributed by atoms with E-state index in [0.717, 1.165) is 15.7 Å². The van der Waals surface area contributed by atoms with Gasteiger partial charge in [0.15, 0.2) is 5.13 Å². The number of nitrogens with one attached hydrogen (secondary N) is 1. The van der Waals surface area contributed by atoms with Crippen LogP contribution in [0.5, 0.6) is 0 Å². The molecular weight excluding hydrogens is 420 g/mol. The molecule has 0 spiro atoms. The highest BCUT2D eigenvalue weighted by molar-refractivity contribution is 9.10. The molecule has 2 heterocycles. The summed E-state index contributed by atoms with van der Waals surface area (Å²) in [5.74, 6) is -0.425. The summed E-state index contributed by atoms with van der Waals surface area (Å²) in [4.78, 5) is 28.6. The highest BCUT2D eigenvalue weighted by atomic mass is 79.9. The lowest BCUT2D eigenvalue weighted by Gasteiger charge is -2.06. The van der Waals surface area contributed by atoms with E-state index in [1.165, 1.54) is 35.3 Å². The summed E-state index contributed by atoms with van der Waals surface area (Å²) in [5, 5.41) is 9.10. The van der Waals surface area contributed by atoms with E-state index in [1.54, 1.807) is 0 Å². The van der Waals surface area contributed by atoms with Crippen molar-refractivity contribution in [2.45, 2.75) is 6.54 Å². The number of nitrogens with zero attached hydrogens (tertiary/aromatic N) is 3. The Balaban J connectivity index is 1.75. The Morgan fingerprint density at radius 3 is 2.96 bits per heavy atom. The maximum Gasteiger partial charge on any atom is 0.277 e. The minimum atomic E-state index is -0.425. The standard InChI is InChI=1S/C17H15BrN4O3S/c1-25-8-7-22-15(23)6-5-13(21-22)16(24)20-17-19-14(10-26-17)11-3-2-4-12(18)9-11/h2-6,9-10H,7-8H2,1H3,(H,19,20,24). The van der Waals surface area contributed by atoms with Crippen LogP contribution in [0.1, 0.15) is 10.5 Å². The van der Waals surface area contributed by atoms with Crippen molar-refractivity contribution in [1.29, 1.82) is 0 Å². The van der Waals surface area contributed by atoms with Crippen molar-refractivity contribution in [3.05, 3.63) is 62.3 Å². The number of hydrogen-bond acceptors (Lipinski definition) is 6. The normalized spacial score (nSPS) is 10.7. The molecule has 0 saturated heterocycles. The molecule has 0 bridgehead atoms. The van der Waals surface area contributed by atoms with Crippen LogP contribution in [0, 0.1) is 0 Å². The number of methoxy groups -OCH3 is 1. The van der Waals surface area contributed by atoms with Gasteiger partial charge in [0, 0.05) is 28.6 Å². The van der Waals surface area contributed by atoms with E-state index >= 15 is 0 Å². The van der Waals surface area contributed by atoms with Crippen molar-refractivity contribution >= 4 is 38.3 Å². The Kier molecular flexibility index (Phi) is 5.92. The third-order valence-corrected chi connectivity index (χ3v) is 4.70. The predicted octanol–water partition coefficient (Wildman–Crippen LogP) is 3.03. The minimum absolute atomic E-state index is 0.139. The second-order valence-electron chi connectivity index (χ2n) is 5.28. The quantitative estimate of drug-likeness (QED) is 0.644. The van der Waals surface area contributed by atoms with Gasteiger partial charge in [0.25, 0.3) is 11.5 Å². The molecule has 26 heavy (non-hydrogen) atoms. The van der Waals surface area contributed by atoms with Gasteiger partial charge in [-0.05, 0) is 18.2 Å². The maximum absolute atomic E-state index is 12.4. The smallest absolute Gasteiger partial charge is 0.277 e. The molecular formula is C17H15BrN4O3S. The zero-order valence-electron chi connectivity index (χ0n) is 13.8. The van der Waals surface area contributed by atoms with Crippen molar-refractivity contribution < 1.29 is 9.53 Å². The first-order valence-electron chi connectivity index (χ1n) is 7.67. The SMILES string of the molecule is COCCn1nc(C(=O)Nc2nc(-c3cccc(Br)c3)cs2)ccc1=O. The summed E-state index contributed by atoms with van der Waals surface area (Å²) in [6.45, 7) is 0.612. The maximum atomic E-state index is 12.4. The summed E-state index contributed by atoms with van der Waals surface area (Å²) < 4.78 is 7.09. The number of anilines is 1. The lowest BCUT2D eigenvalue weighted by molar-refractivity contribution is 0.101. The van der Waals surface area contributed by atoms with Crippen LogP contribution in [0.25, 0.3) is 11.3 Å². The van der Waals surface area contributed by atoms with Crippen LogP contribution in [0.3, 0.4) is 0 Å². The molecule has 7 nitrogen and oxygen atoms in total. The van der Waals surface area contributed by atoms with Gasteiger partial charge in [-0.3, -0.25) is 14.9 Å². The third-order valence-electron chi connectivity index (χ3n) is 3.45. The summed E-state index contributed by atoms with van der Waals surface area (Å²) >= 11 is 4.75. The number of aromatic nitrogens is 3. The fourth-order valence-electron chi connectivity index (χ4n) is 2.18. The summed E-state index contributed by atoms with van der Waals surface area (Å²) in [5.41, 5.74) is 1.57. The fraction of sp³-hybridized carbons (Fsp3) is 0.176. The van der Waals surface area contributed by atoms with Gasteiger partial charge < -0.3 is 4.74 Å². The Labute approximate surface area is 161 Å². The lowest BCUT2D eigenvalue weighted by atomic mass is 10.2. The van der Waals surface area contributed by atoms with E-state index in [9.17, 15) is 9.59 Å². The number of amides is 1. The largest absolute Gasteiger partial charge is 0.383 e. The van der Waals surface area contributed by atoms with E-state index in [4.69, 9.17) is 4.74 Å². The lowest BCUT2D eigenvalue weighted by Crippen LogP contribution is -2.27. The molecule has 0 aliphatic carbocycles. The minimum Gasteiger partial charge on any atom is -0.383 e. The topological polar surface area (TPSA) is 86.1 Å². The number of benzene rings is 1. The van der Waals surface area contributed by atoms with Gasteiger partial charge in [-0.1, -0.05) is 28.1 Å². The first-order valence-corrected chi connectivity index (χ1v) is 9.34. The number of halogens is 1. The van der Waals surface area contributed by atoms with Crippen molar-refractivity contribution in [2.75, 3.05) is 19.0 Å². The Morgan fingerprint density at radius 1 is 1.35 bits per heavy atom. The highest BCUT2D eigenvalue weighted by Crippen LogP contribution is 2.27. The Hall–Kier alpha value is -2.36. The number of ether oxygens (including phenoxy) is 1. The average Bonchev–Trinajstić information content (AvgIpc) is 3.09. The zero-order valence-corrected chi connectivity index (χ0v) is 16.2. The predicted molar refractivity (Wildman–Crippen MR) is 104 cm³/mol. The van der Waals surface area contributed by atoms with Gasteiger partial charge in [0.2, 0.25) is 0 Å². The molecule has 0 saturated carbocycles. The first-order chi connectivity index (χ1) is 12.6. The van der Waals surface area contributed by atoms with Crippen LogP contribution in [-0.2, 0) is 11.3 Å². The third kappa shape index (κ3) is 4.43. The van der Waals surface area contributed by atoms with E-state index in [1.807, 2.05) is 29.6 Å². The molecule has 0 unspecified atom stereocenters. The first kappa shape index (κ1) is 18.4. The van der Waals surface area contributed by atoms with Gasteiger partial charge in [-0.25, -0.2) is 9.67 Å². The van der Waals surface area contributed by atoms with Crippen molar-refractivity contribution in [3.63, 3.8) is 0 Å². The Bertz CT molecular complexity index is 986. The van der Waals surface area contributed by atoms with Crippen LogP contribution in [0.2, 0.25) is 0 Å². The molecule has 1 aromatic carbocycles. The van der Waals surface area contributed by atoms with Gasteiger partial charge in [-0.2, -0.15) is 5.10 Å². The molecule has 3 aromatic rings. The molecule has 2 aromatic heterocycles. The molecule has 1 amide bonds. The van der Waals surface area contributed by atoms with Crippen LogP contribution in [-0.4, -0.2) is 34.4 Å². The molecule has 1 N–H and O–H groups in total. The van der Waals surface area contributed by atoms with Crippen LogP contribution >= 0.6 is 27.3 Å². The van der Waals surface area contributed by atoms with Crippen LogP contribution < -0.4 is 10.9 Å². The van der Waals surface area contributed by atoms with E-state index in [0.29, 0.717) is 11.7 Å². The van der Waals surface area contributed by atoms with Crippen LogP contribution in [0.15, 0.2) is 51.0 Å². The van der Waals surface area contributed by atoms with Gasteiger partial charge in [0.1, 0.15) is 5.69 Å². The number of rotatable bonds is 6. The van der Waals surface area contributed by atoms with Crippen LogP contribution in [0.4, 0.5) is 5.13 Å². The number of carbonyl (C=O) groups excluding carboxylic acids is 1. The fourth-order valence-corrected chi connectivity index (χ4v) is 3.29. The Morgan fingerprint density at radius 2 is 2.19 bits per heavy atom. The van der Waals surface area contributed by atoms with Gasteiger partial charge in [0.05, 0.1) is 18.8 Å².